The normalized spacial score (nSPS) is 10.8. The molecule has 6 nitrogen and oxygen atoms in total. The summed E-state index contributed by atoms with van der Waals surface area (Å²) in [5.74, 6) is 1.76. The zero-order valence-electron chi connectivity index (χ0n) is 15.6. The van der Waals surface area contributed by atoms with Crippen LogP contribution in [-0.2, 0) is 15.3 Å². The van der Waals surface area contributed by atoms with Crippen LogP contribution in [0.15, 0.2) is 70.7 Å². The zero-order valence-corrected chi connectivity index (χ0v) is 17.2. The van der Waals surface area contributed by atoms with E-state index in [4.69, 9.17) is 4.74 Å². The van der Waals surface area contributed by atoms with E-state index in [1.165, 1.54) is 16.7 Å². The molecule has 0 spiro atoms. The summed E-state index contributed by atoms with van der Waals surface area (Å²) in [5, 5.41) is 12.2. The highest BCUT2D eigenvalue weighted by atomic mass is 32.2. The largest absolute Gasteiger partial charge is 0.383 e. The maximum atomic E-state index is 12.0. The van der Waals surface area contributed by atoms with Crippen molar-refractivity contribution in [1.82, 2.24) is 20.1 Å². The molecule has 0 unspecified atom stereocenters. The first-order chi connectivity index (χ1) is 13.8. The Balaban J connectivity index is 1.73. The van der Waals surface area contributed by atoms with E-state index >= 15 is 0 Å². The van der Waals surface area contributed by atoms with Crippen LogP contribution in [0.5, 0.6) is 0 Å². The molecule has 1 amide bonds. The lowest BCUT2D eigenvalue weighted by Crippen LogP contribution is -2.28. The molecule has 1 aromatic heterocycles. The number of thioether (sulfide) groups is 2. The van der Waals surface area contributed by atoms with Crippen LogP contribution >= 0.6 is 23.5 Å². The summed E-state index contributed by atoms with van der Waals surface area (Å²) in [6.45, 7) is 0.998. The van der Waals surface area contributed by atoms with Gasteiger partial charge in [-0.3, -0.25) is 9.36 Å². The number of carbonyl (C=O) groups is 1. The Hall–Kier alpha value is -2.29. The number of nitrogens with one attached hydrogen (secondary N) is 1. The molecule has 3 rings (SSSR count). The van der Waals surface area contributed by atoms with E-state index in [2.05, 4.69) is 27.6 Å². The van der Waals surface area contributed by atoms with Gasteiger partial charge >= 0.3 is 0 Å². The van der Waals surface area contributed by atoms with Crippen molar-refractivity contribution in [3.63, 3.8) is 0 Å². The molecule has 0 bridgehead atoms. The highest BCUT2D eigenvalue weighted by molar-refractivity contribution is 7.99. The molecule has 3 aromatic rings. The van der Waals surface area contributed by atoms with E-state index in [9.17, 15) is 4.79 Å². The summed E-state index contributed by atoms with van der Waals surface area (Å²) in [4.78, 5) is 13.2. The van der Waals surface area contributed by atoms with Gasteiger partial charge in [0, 0.05) is 24.2 Å². The third-order valence-corrected chi connectivity index (χ3v) is 5.72. The molecule has 1 heterocycles. The summed E-state index contributed by atoms with van der Waals surface area (Å²) < 4.78 is 6.97. The van der Waals surface area contributed by atoms with Crippen LogP contribution in [0.3, 0.4) is 0 Å². The van der Waals surface area contributed by atoms with Gasteiger partial charge in [0.25, 0.3) is 0 Å². The molecular formula is C20H22N4O2S2. The Kier molecular flexibility index (Phi) is 7.95. The molecule has 0 fully saturated rings. The Bertz CT molecular complexity index is 872. The van der Waals surface area contributed by atoms with Crippen molar-refractivity contribution in [3.8, 4) is 5.69 Å². The van der Waals surface area contributed by atoms with Gasteiger partial charge in [-0.1, -0.05) is 48.2 Å². The summed E-state index contributed by atoms with van der Waals surface area (Å²) in [6.07, 6.45) is 0. The number of benzene rings is 2. The first kappa shape index (κ1) is 20.4. The van der Waals surface area contributed by atoms with E-state index < -0.39 is 0 Å². The molecular weight excluding hydrogens is 392 g/mol. The second-order valence-corrected chi connectivity index (χ2v) is 7.79. The summed E-state index contributed by atoms with van der Waals surface area (Å²) in [5.41, 5.74) is 0.985. The van der Waals surface area contributed by atoms with Gasteiger partial charge in [-0.2, -0.15) is 0 Å². The molecule has 0 saturated heterocycles. The lowest BCUT2D eigenvalue weighted by atomic mass is 10.3. The van der Waals surface area contributed by atoms with E-state index in [-0.39, 0.29) is 11.7 Å². The topological polar surface area (TPSA) is 69.0 Å². The zero-order chi connectivity index (χ0) is 19.6. The van der Waals surface area contributed by atoms with E-state index in [0.29, 0.717) is 24.1 Å². The SMILES string of the molecule is COCCNC(=O)CSc1nnc(CSc2ccccc2)n1-c1ccccc1. The predicted molar refractivity (Wildman–Crippen MR) is 113 cm³/mol. The molecule has 1 N–H and O–H groups in total. The van der Waals surface area contributed by atoms with Crippen molar-refractivity contribution in [2.45, 2.75) is 15.8 Å². The van der Waals surface area contributed by atoms with Crippen molar-refractivity contribution >= 4 is 29.4 Å². The van der Waals surface area contributed by atoms with Crippen LogP contribution in [0.25, 0.3) is 5.69 Å². The highest BCUT2D eigenvalue weighted by Gasteiger charge is 2.16. The molecule has 0 aliphatic heterocycles. The Labute approximate surface area is 173 Å². The van der Waals surface area contributed by atoms with Crippen LogP contribution in [0.1, 0.15) is 5.82 Å². The highest BCUT2D eigenvalue weighted by Crippen LogP contribution is 2.27. The van der Waals surface area contributed by atoms with Crippen LogP contribution in [0.4, 0.5) is 0 Å². The number of nitrogens with zero attached hydrogens (tertiary/aromatic N) is 3. The van der Waals surface area contributed by atoms with Gasteiger partial charge in [0.1, 0.15) is 5.82 Å². The fraction of sp³-hybridized carbons (Fsp3) is 0.250. The number of methoxy groups -OCH3 is 1. The first-order valence-electron chi connectivity index (χ1n) is 8.84. The number of hydrogen-bond donors (Lipinski definition) is 1. The van der Waals surface area contributed by atoms with Gasteiger partial charge in [-0.25, -0.2) is 0 Å². The minimum absolute atomic E-state index is 0.0510. The van der Waals surface area contributed by atoms with Crippen molar-refractivity contribution in [1.29, 1.82) is 0 Å². The van der Waals surface area contributed by atoms with Gasteiger partial charge < -0.3 is 10.1 Å². The number of rotatable bonds is 10. The van der Waals surface area contributed by atoms with Crippen LogP contribution < -0.4 is 5.32 Å². The van der Waals surface area contributed by atoms with Crippen molar-refractivity contribution in [2.24, 2.45) is 0 Å². The number of carbonyl (C=O) groups excluding carboxylic acids is 1. The van der Waals surface area contributed by atoms with Crippen molar-refractivity contribution < 1.29 is 9.53 Å². The van der Waals surface area contributed by atoms with Gasteiger partial charge in [0.15, 0.2) is 5.16 Å². The van der Waals surface area contributed by atoms with E-state index in [1.807, 2.05) is 53.1 Å². The summed E-state index contributed by atoms with van der Waals surface area (Å²) in [7, 11) is 1.61. The molecule has 146 valence electrons. The maximum Gasteiger partial charge on any atom is 0.230 e. The minimum Gasteiger partial charge on any atom is -0.383 e. The monoisotopic (exact) mass is 414 g/mol. The van der Waals surface area contributed by atoms with Gasteiger partial charge in [-0.15, -0.1) is 22.0 Å². The van der Waals surface area contributed by atoms with Crippen LogP contribution in [0, 0.1) is 0 Å². The number of hydrogen-bond acceptors (Lipinski definition) is 6. The molecule has 8 heteroatoms. The third-order valence-electron chi connectivity index (χ3n) is 3.79. The summed E-state index contributed by atoms with van der Waals surface area (Å²) >= 11 is 3.09. The van der Waals surface area contributed by atoms with Gasteiger partial charge in [-0.05, 0) is 24.3 Å². The van der Waals surface area contributed by atoms with Crippen molar-refractivity contribution in [2.75, 3.05) is 26.0 Å². The Morgan fingerprint density at radius 2 is 1.75 bits per heavy atom. The minimum atomic E-state index is -0.0510. The molecule has 28 heavy (non-hydrogen) atoms. The molecule has 0 aliphatic rings. The number of para-hydroxylation sites is 1. The smallest absolute Gasteiger partial charge is 0.230 e. The third kappa shape index (κ3) is 5.85. The Morgan fingerprint density at radius 3 is 2.46 bits per heavy atom. The quantitative estimate of drug-likeness (QED) is 0.405. The second kappa shape index (κ2) is 10.9. The number of aromatic nitrogens is 3. The lowest BCUT2D eigenvalue weighted by Gasteiger charge is -2.10. The van der Waals surface area contributed by atoms with Crippen LogP contribution in [0.2, 0.25) is 0 Å². The standard InChI is InChI=1S/C20H22N4O2S2/c1-26-13-12-21-19(25)15-28-20-23-22-18(14-27-17-10-6-3-7-11-17)24(20)16-8-4-2-5-9-16/h2-11H,12-15H2,1H3,(H,21,25). The predicted octanol–water partition coefficient (Wildman–Crippen LogP) is 3.41. The van der Waals surface area contributed by atoms with Gasteiger partial charge in [0.2, 0.25) is 5.91 Å². The summed E-state index contributed by atoms with van der Waals surface area (Å²) in [6, 6.07) is 20.2. The fourth-order valence-corrected chi connectivity index (χ4v) is 4.09. The van der Waals surface area contributed by atoms with E-state index in [1.54, 1.807) is 18.9 Å². The molecule has 0 radical (unpaired) electrons. The lowest BCUT2D eigenvalue weighted by molar-refractivity contribution is -0.118. The average molecular weight is 415 g/mol. The molecule has 2 aromatic carbocycles. The second-order valence-electron chi connectivity index (χ2n) is 5.80. The Morgan fingerprint density at radius 1 is 1.04 bits per heavy atom. The van der Waals surface area contributed by atoms with Gasteiger partial charge in [0.05, 0.1) is 18.1 Å². The average Bonchev–Trinajstić information content (AvgIpc) is 3.15. The molecule has 0 aliphatic carbocycles. The van der Waals surface area contributed by atoms with E-state index in [0.717, 1.165) is 11.5 Å². The molecule has 0 saturated carbocycles. The number of amides is 1. The maximum absolute atomic E-state index is 12.0. The number of ether oxygens (including phenoxy) is 1. The molecule has 0 atom stereocenters. The fourth-order valence-electron chi connectivity index (χ4n) is 2.46. The van der Waals surface area contributed by atoms with Crippen molar-refractivity contribution in [3.05, 3.63) is 66.5 Å². The first-order valence-corrected chi connectivity index (χ1v) is 10.8. The van der Waals surface area contributed by atoms with Crippen LogP contribution in [-0.4, -0.2) is 46.7 Å².